The maximum Gasteiger partial charge on any atom is 0.112 e. The van der Waals surface area contributed by atoms with Gasteiger partial charge in [0.25, 0.3) is 0 Å². The van der Waals surface area contributed by atoms with E-state index in [2.05, 4.69) is 27.8 Å². The minimum atomic E-state index is 0. The van der Waals surface area contributed by atoms with Crippen LogP contribution in [-0.4, -0.2) is 43.4 Å². The number of rotatable bonds is 1. The Labute approximate surface area is 81.9 Å². The SMILES string of the molecule is CC[N+]1(C)CCOC(C)(C)C1.[Cl-]. The Morgan fingerprint density at radius 3 is 2.33 bits per heavy atom. The summed E-state index contributed by atoms with van der Waals surface area (Å²) < 4.78 is 6.81. The van der Waals surface area contributed by atoms with Crippen LogP contribution in [0.2, 0.25) is 0 Å². The monoisotopic (exact) mass is 193 g/mol. The van der Waals surface area contributed by atoms with Crippen molar-refractivity contribution in [2.45, 2.75) is 26.4 Å². The number of likely N-dealkylation sites (N-methyl/N-ethyl adjacent to an activating group) is 1. The fraction of sp³-hybridized carbons (Fsp3) is 1.00. The van der Waals surface area contributed by atoms with E-state index < -0.39 is 0 Å². The van der Waals surface area contributed by atoms with Crippen molar-refractivity contribution < 1.29 is 21.6 Å². The third-order valence-electron chi connectivity index (χ3n) is 2.65. The topological polar surface area (TPSA) is 9.23 Å². The summed E-state index contributed by atoms with van der Waals surface area (Å²) in [5.74, 6) is 0. The van der Waals surface area contributed by atoms with Crippen molar-refractivity contribution in [3.05, 3.63) is 0 Å². The zero-order chi connectivity index (χ0) is 8.54. The van der Waals surface area contributed by atoms with Crippen LogP contribution in [-0.2, 0) is 4.74 Å². The number of hydrogen-bond donors (Lipinski definition) is 0. The molecule has 2 nitrogen and oxygen atoms in total. The van der Waals surface area contributed by atoms with Crippen LogP contribution in [0.3, 0.4) is 0 Å². The predicted molar refractivity (Wildman–Crippen MR) is 46.5 cm³/mol. The maximum atomic E-state index is 5.65. The molecular weight excluding hydrogens is 174 g/mol. The van der Waals surface area contributed by atoms with Gasteiger partial charge in [0.1, 0.15) is 18.7 Å². The number of halogens is 1. The van der Waals surface area contributed by atoms with Crippen LogP contribution >= 0.6 is 0 Å². The Hall–Kier alpha value is 0.210. The van der Waals surface area contributed by atoms with Gasteiger partial charge < -0.3 is 21.6 Å². The fourth-order valence-corrected chi connectivity index (χ4v) is 1.86. The van der Waals surface area contributed by atoms with E-state index in [1.165, 1.54) is 13.1 Å². The lowest BCUT2D eigenvalue weighted by molar-refractivity contribution is -0.922. The number of morpholine rings is 1. The molecule has 0 aromatic carbocycles. The smallest absolute Gasteiger partial charge is 0.112 e. The summed E-state index contributed by atoms with van der Waals surface area (Å²) in [5.41, 5.74) is 0.0863. The van der Waals surface area contributed by atoms with E-state index >= 15 is 0 Å². The lowest BCUT2D eigenvalue weighted by atomic mass is 10.1. The highest BCUT2D eigenvalue weighted by Crippen LogP contribution is 2.20. The van der Waals surface area contributed by atoms with Gasteiger partial charge in [-0.15, -0.1) is 0 Å². The average Bonchev–Trinajstić information content (AvgIpc) is 1.85. The molecule has 0 spiro atoms. The average molecular weight is 194 g/mol. The molecule has 0 saturated carbocycles. The van der Waals surface area contributed by atoms with Crippen LogP contribution in [0.1, 0.15) is 20.8 Å². The number of quaternary nitrogens is 1. The Balaban J connectivity index is 0.00000121. The standard InChI is InChI=1S/C9H20NO.ClH/c1-5-10(4)6-7-11-9(2,3)8-10;/h5-8H2,1-4H3;1H/q+1;/p-1. The molecular formula is C9H20ClNO. The first-order valence-corrected chi connectivity index (χ1v) is 4.45. The van der Waals surface area contributed by atoms with Crippen molar-refractivity contribution >= 4 is 0 Å². The zero-order valence-electron chi connectivity index (χ0n) is 8.56. The van der Waals surface area contributed by atoms with Gasteiger partial charge in [-0.3, -0.25) is 0 Å². The molecule has 3 heteroatoms. The van der Waals surface area contributed by atoms with Gasteiger partial charge >= 0.3 is 0 Å². The van der Waals surface area contributed by atoms with E-state index in [0.717, 1.165) is 17.6 Å². The van der Waals surface area contributed by atoms with Crippen molar-refractivity contribution in [2.75, 3.05) is 33.3 Å². The van der Waals surface area contributed by atoms with Gasteiger partial charge in [0.2, 0.25) is 0 Å². The first kappa shape index (κ1) is 12.2. The van der Waals surface area contributed by atoms with Crippen LogP contribution in [0.4, 0.5) is 0 Å². The van der Waals surface area contributed by atoms with Gasteiger partial charge in [-0.1, -0.05) is 0 Å². The van der Waals surface area contributed by atoms with Crippen LogP contribution in [0.15, 0.2) is 0 Å². The van der Waals surface area contributed by atoms with Gasteiger partial charge in [-0.05, 0) is 20.8 Å². The molecule has 0 radical (unpaired) electrons. The Kier molecular flexibility index (Phi) is 4.01. The van der Waals surface area contributed by atoms with Gasteiger partial charge in [0, 0.05) is 0 Å². The van der Waals surface area contributed by atoms with Gasteiger partial charge in [-0.2, -0.15) is 0 Å². The molecule has 1 aliphatic rings. The molecule has 0 amide bonds. The second-order valence-electron chi connectivity index (χ2n) is 4.43. The molecule has 1 rings (SSSR count). The van der Waals surface area contributed by atoms with E-state index in [0.29, 0.717) is 0 Å². The third kappa shape index (κ3) is 2.92. The quantitative estimate of drug-likeness (QED) is 0.450. The zero-order valence-corrected chi connectivity index (χ0v) is 9.32. The normalized spacial score (nSPS) is 34.0. The molecule has 0 aromatic heterocycles. The third-order valence-corrected chi connectivity index (χ3v) is 2.65. The molecule has 0 N–H and O–H groups in total. The van der Waals surface area contributed by atoms with E-state index in [-0.39, 0.29) is 18.0 Å². The first-order chi connectivity index (χ1) is 4.97. The van der Waals surface area contributed by atoms with E-state index in [9.17, 15) is 0 Å². The van der Waals surface area contributed by atoms with Gasteiger partial charge in [0.05, 0.1) is 20.2 Å². The van der Waals surface area contributed by atoms with Crippen LogP contribution in [0, 0.1) is 0 Å². The highest BCUT2D eigenvalue weighted by Gasteiger charge is 2.35. The molecule has 1 atom stereocenters. The number of hydrogen-bond acceptors (Lipinski definition) is 1. The van der Waals surface area contributed by atoms with Crippen LogP contribution in [0.25, 0.3) is 0 Å². The largest absolute Gasteiger partial charge is 1.00 e. The summed E-state index contributed by atoms with van der Waals surface area (Å²) in [6, 6.07) is 0. The van der Waals surface area contributed by atoms with Crippen molar-refractivity contribution in [3.63, 3.8) is 0 Å². The lowest BCUT2D eigenvalue weighted by Gasteiger charge is -2.44. The molecule has 0 aliphatic carbocycles. The van der Waals surface area contributed by atoms with Crippen LogP contribution in [0.5, 0.6) is 0 Å². The second kappa shape index (κ2) is 3.95. The minimum Gasteiger partial charge on any atom is -1.00 e. The molecule has 12 heavy (non-hydrogen) atoms. The van der Waals surface area contributed by atoms with Crippen molar-refractivity contribution in [1.29, 1.82) is 0 Å². The van der Waals surface area contributed by atoms with Gasteiger partial charge in [-0.25, -0.2) is 0 Å². The Morgan fingerprint density at radius 1 is 1.42 bits per heavy atom. The summed E-state index contributed by atoms with van der Waals surface area (Å²) in [5, 5.41) is 0. The van der Waals surface area contributed by atoms with Crippen LogP contribution < -0.4 is 12.4 Å². The van der Waals surface area contributed by atoms with E-state index in [1.807, 2.05) is 0 Å². The molecule has 1 saturated heterocycles. The number of ether oxygens (including phenoxy) is 1. The fourth-order valence-electron chi connectivity index (χ4n) is 1.86. The molecule has 74 valence electrons. The lowest BCUT2D eigenvalue weighted by Crippen LogP contribution is -3.00. The highest BCUT2D eigenvalue weighted by atomic mass is 35.5. The Morgan fingerprint density at radius 2 is 2.00 bits per heavy atom. The van der Waals surface area contributed by atoms with Crippen molar-refractivity contribution in [3.8, 4) is 0 Å². The molecule has 1 heterocycles. The molecule has 1 fully saturated rings. The summed E-state index contributed by atoms with van der Waals surface area (Å²) in [6.07, 6.45) is 0. The predicted octanol–water partition coefficient (Wildman–Crippen LogP) is -1.73. The second-order valence-corrected chi connectivity index (χ2v) is 4.43. The molecule has 1 aliphatic heterocycles. The Bertz CT molecular complexity index is 149. The summed E-state index contributed by atoms with van der Waals surface area (Å²) in [6.45, 7) is 11.0. The summed E-state index contributed by atoms with van der Waals surface area (Å²) in [7, 11) is 2.31. The van der Waals surface area contributed by atoms with Gasteiger partial charge in [0.15, 0.2) is 0 Å². The maximum absolute atomic E-state index is 5.65. The van der Waals surface area contributed by atoms with E-state index in [4.69, 9.17) is 4.74 Å². The summed E-state index contributed by atoms with van der Waals surface area (Å²) in [4.78, 5) is 0. The minimum absolute atomic E-state index is 0. The molecule has 0 bridgehead atoms. The highest BCUT2D eigenvalue weighted by molar-refractivity contribution is 4.71. The molecule has 0 aromatic rings. The van der Waals surface area contributed by atoms with Crippen molar-refractivity contribution in [1.82, 2.24) is 0 Å². The van der Waals surface area contributed by atoms with Crippen molar-refractivity contribution in [2.24, 2.45) is 0 Å². The summed E-state index contributed by atoms with van der Waals surface area (Å²) >= 11 is 0. The number of nitrogens with zero attached hydrogens (tertiary/aromatic N) is 1. The molecule has 1 unspecified atom stereocenters. The van der Waals surface area contributed by atoms with E-state index in [1.54, 1.807) is 0 Å². The first-order valence-electron chi connectivity index (χ1n) is 4.45.